The van der Waals surface area contributed by atoms with Crippen molar-refractivity contribution in [3.8, 4) is 0 Å². The monoisotopic (exact) mass is 560 g/mol. The Kier molecular flexibility index (Phi) is 7.07. The molecule has 1 fully saturated rings. The smallest absolute Gasteiger partial charge is 0.254 e. The van der Waals surface area contributed by atoms with E-state index in [1.807, 2.05) is 43.0 Å². The van der Waals surface area contributed by atoms with Crippen LogP contribution in [-0.2, 0) is 23.2 Å². The van der Waals surface area contributed by atoms with Gasteiger partial charge in [0.2, 0.25) is 5.91 Å². The van der Waals surface area contributed by atoms with Gasteiger partial charge in [0.05, 0.1) is 23.6 Å². The quantitative estimate of drug-likeness (QED) is 0.499. The summed E-state index contributed by atoms with van der Waals surface area (Å²) >= 11 is 0. The van der Waals surface area contributed by atoms with E-state index in [0.717, 1.165) is 22.9 Å². The van der Waals surface area contributed by atoms with Crippen molar-refractivity contribution in [3.63, 3.8) is 0 Å². The Morgan fingerprint density at radius 2 is 1.93 bits per heavy atom. The van der Waals surface area contributed by atoms with Crippen LogP contribution in [0.5, 0.6) is 0 Å². The summed E-state index contributed by atoms with van der Waals surface area (Å²) in [7, 11) is 0. The van der Waals surface area contributed by atoms with Gasteiger partial charge in [0.15, 0.2) is 0 Å². The van der Waals surface area contributed by atoms with E-state index in [1.165, 1.54) is 12.1 Å². The van der Waals surface area contributed by atoms with Crippen LogP contribution in [0, 0.1) is 11.6 Å². The van der Waals surface area contributed by atoms with Crippen LogP contribution >= 0.6 is 0 Å². The van der Waals surface area contributed by atoms with Crippen molar-refractivity contribution < 1.29 is 18.4 Å². The molecule has 3 aliphatic rings. The highest BCUT2D eigenvalue weighted by molar-refractivity contribution is 5.98. The van der Waals surface area contributed by atoms with Crippen molar-refractivity contribution >= 4 is 17.5 Å². The van der Waals surface area contributed by atoms with E-state index in [4.69, 9.17) is 0 Å². The van der Waals surface area contributed by atoms with Crippen LogP contribution in [0.4, 0.5) is 14.5 Å². The second kappa shape index (κ2) is 10.6. The van der Waals surface area contributed by atoms with Crippen LogP contribution in [0.25, 0.3) is 0 Å². The molecule has 0 radical (unpaired) electrons. The SMILES string of the molecule is C[C@@H]1CN(CC(=O)N2CC(C)(C)c3nnc(Cc4ccc(F)cc4F)cc32)[C@@H](CN2Cc3ccccc3C2=O)CN1. The topological polar surface area (TPSA) is 81.7 Å². The molecule has 1 saturated heterocycles. The van der Waals surface area contributed by atoms with Crippen molar-refractivity contribution in [2.45, 2.75) is 51.2 Å². The zero-order valence-electron chi connectivity index (χ0n) is 23.5. The van der Waals surface area contributed by atoms with E-state index in [-0.39, 0.29) is 36.9 Å². The van der Waals surface area contributed by atoms with E-state index in [0.29, 0.717) is 49.7 Å². The Morgan fingerprint density at radius 1 is 1.12 bits per heavy atom. The Balaban J connectivity index is 1.20. The van der Waals surface area contributed by atoms with Crippen molar-refractivity contribution in [1.29, 1.82) is 0 Å². The summed E-state index contributed by atoms with van der Waals surface area (Å²) in [6, 6.07) is 13.2. The lowest BCUT2D eigenvalue weighted by Crippen LogP contribution is -2.60. The average Bonchev–Trinajstić information content (AvgIpc) is 3.39. The van der Waals surface area contributed by atoms with Gasteiger partial charge in [-0.15, -0.1) is 0 Å². The van der Waals surface area contributed by atoms with Crippen LogP contribution < -0.4 is 10.2 Å². The number of nitrogens with one attached hydrogen (secondary N) is 1. The van der Waals surface area contributed by atoms with E-state index in [2.05, 4.69) is 27.3 Å². The van der Waals surface area contributed by atoms with E-state index >= 15 is 0 Å². The molecule has 8 nitrogen and oxygen atoms in total. The van der Waals surface area contributed by atoms with Gasteiger partial charge < -0.3 is 15.1 Å². The van der Waals surface area contributed by atoms with E-state index in [9.17, 15) is 18.4 Å². The minimum atomic E-state index is -0.640. The summed E-state index contributed by atoms with van der Waals surface area (Å²) in [5, 5.41) is 12.3. The molecule has 1 aromatic heterocycles. The van der Waals surface area contributed by atoms with Gasteiger partial charge in [-0.1, -0.05) is 38.1 Å². The zero-order chi connectivity index (χ0) is 28.9. The highest BCUT2D eigenvalue weighted by Gasteiger charge is 2.41. The molecule has 2 aromatic carbocycles. The maximum atomic E-state index is 14.3. The fourth-order valence-corrected chi connectivity index (χ4v) is 6.21. The molecule has 0 saturated carbocycles. The van der Waals surface area contributed by atoms with Gasteiger partial charge in [0, 0.05) is 68.3 Å². The molecule has 6 rings (SSSR count). The number of anilines is 1. The normalized spacial score (nSPS) is 21.7. The second-order valence-corrected chi connectivity index (χ2v) is 12.1. The molecule has 10 heteroatoms. The van der Waals surface area contributed by atoms with Crippen molar-refractivity contribution in [1.82, 2.24) is 25.3 Å². The van der Waals surface area contributed by atoms with Gasteiger partial charge in [-0.05, 0) is 36.2 Å². The predicted molar refractivity (Wildman–Crippen MR) is 151 cm³/mol. The van der Waals surface area contributed by atoms with Crippen molar-refractivity contribution in [3.05, 3.63) is 88.2 Å². The third kappa shape index (κ3) is 5.34. The number of rotatable bonds is 6. The van der Waals surface area contributed by atoms with Crippen LogP contribution in [0.1, 0.15) is 53.6 Å². The number of aromatic nitrogens is 2. The molecule has 3 aromatic rings. The van der Waals surface area contributed by atoms with E-state index in [1.54, 1.807) is 11.0 Å². The van der Waals surface area contributed by atoms with Crippen LogP contribution in [0.15, 0.2) is 48.5 Å². The summed E-state index contributed by atoms with van der Waals surface area (Å²) in [6.07, 6.45) is 0.137. The van der Waals surface area contributed by atoms with Crippen LogP contribution in [-0.4, -0.2) is 76.6 Å². The van der Waals surface area contributed by atoms with E-state index < -0.39 is 17.0 Å². The van der Waals surface area contributed by atoms with Gasteiger partial charge in [0.1, 0.15) is 11.6 Å². The molecule has 0 unspecified atom stereocenters. The summed E-state index contributed by atoms with van der Waals surface area (Å²) in [5.41, 5.74) is 3.60. The molecule has 214 valence electrons. The number of piperazine rings is 1. The highest BCUT2D eigenvalue weighted by atomic mass is 19.1. The van der Waals surface area contributed by atoms with Crippen molar-refractivity contribution in [2.24, 2.45) is 0 Å². The highest BCUT2D eigenvalue weighted by Crippen LogP contribution is 2.39. The molecule has 41 heavy (non-hydrogen) atoms. The fraction of sp³-hybridized carbons (Fsp3) is 0.419. The first kappa shape index (κ1) is 27.4. The van der Waals surface area contributed by atoms with Crippen molar-refractivity contribution in [2.75, 3.05) is 37.6 Å². The first-order chi connectivity index (χ1) is 19.6. The maximum absolute atomic E-state index is 14.3. The van der Waals surface area contributed by atoms with Gasteiger partial charge in [0.25, 0.3) is 5.91 Å². The second-order valence-electron chi connectivity index (χ2n) is 12.1. The maximum Gasteiger partial charge on any atom is 0.254 e. The Bertz CT molecular complexity index is 1510. The average molecular weight is 561 g/mol. The lowest BCUT2D eigenvalue weighted by atomic mass is 9.91. The van der Waals surface area contributed by atoms with Gasteiger partial charge >= 0.3 is 0 Å². The van der Waals surface area contributed by atoms with Gasteiger partial charge in [-0.2, -0.15) is 10.2 Å². The number of nitrogens with zero attached hydrogens (tertiary/aromatic N) is 5. The summed E-state index contributed by atoms with van der Waals surface area (Å²) in [4.78, 5) is 32.7. The first-order valence-electron chi connectivity index (χ1n) is 14.0. The number of benzene rings is 2. The molecular formula is C31H34F2N6O2. The largest absolute Gasteiger partial charge is 0.333 e. The third-order valence-electron chi connectivity index (χ3n) is 8.39. The lowest BCUT2D eigenvalue weighted by molar-refractivity contribution is -0.120. The molecule has 1 N–H and O–H groups in total. The zero-order valence-corrected chi connectivity index (χ0v) is 23.5. The standard InChI is InChI=1S/C31H34F2N6O2/c1-19-14-37(24(13-34-19)16-38-15-21-6-4-5-7-25(21)30(38)41)17-28(40)39-18-31(2,3)29-27(39)12-23(35-36-29)10-20-8-9-22(32)11-26(20)33/h4-9,11-12,19,24,34H,10,13-18H2,1-3H3/t19-,24-/m1/s1. The fourth-order valence-electron chi connectivity index (χ4n) is 6.21. The number of amides is 2. The predicted octanol–water partition coefficient (Wildman–Crippen LogP) is 3.29. The van der Waals surface area contributed by atoms with Gasteiger partial charge in [-0.25, -0.2) is 8.78 Å². The van der Waals surface area contributed by atoms with Crippen LogP contribution in [0.2, 0.25) is 0 Å². The van der Waals surface area contributed by atoms with Gasteiger partial charge in [-0.3, -0.25) is 14.5 Å². The first-order valence-corrected chi connectivity index (χ1v) is 14.0. The number of carbonyl (C=O) groups excluding carboxylic acids is 2. The minimum absolute atomic E-state index is 0.0175. The minimum Gasteiger partial charge on any atom is -0.333 e. The third-order valence-corrected chi connectivity index (χ3v) is 8.39. The Hall–Kier alpha value is -3.76. The number of hydrogen-bond acceptors (Lipinski definition) is 6. The summed E-state index contributed by atoms with van der Waals surface area (Å²) in [6.45, 7) is 9.26. The lowest BCUT2D eigenvalue weighted by Gasteiger charge is -2.41. The summed E-state index contributed by atoms with van der Waals surface area (Å²) in [5.74, 6) is -1.30. The molecule has 2 atom stereocenters. The number of hydrogen-bond donors (Lipinski definition) is 1. The molecule has 0 spiro atoms. The summed E-state index contributed by atoms with van der Waals surface area (Å²) < 4.78 is 27.7. The molecule has 0 aliphatic carbocycles. The number of carbonyl (C=O) groups is 2. The van der Waals surface area contributed by atoms with Crippen LogP contribution in [0.3, 0.4) is 0 Å². The molecule has 3 aliphatic heterocycles. The molecule has 4 heterocycles. The number of fused-ring (bicyclic) bond motifs is 2. The molecule has 2 amide bonds. The Morgan fingerprint density at radius 3 is 2.71 bits per heavy atom. The molecule has 0 bridgehead atoms. The molecular weight excluding hydrogens is 526 g/mol. The number of halogens is 2. The Labute approximate surface area is 238 Å².